The van der Waals surface area contributed by atoms with E-state index in [1.54, 1.807) is 43.6 Å². The van der Waals surface area contributed by atoms with Crippen molar-refractivity contribution in [3.63, 3.8) is 0 Å². The Morgan fingerprint density at radius 3 is 2.19 bits per heavy atom. The lowest BCUT2D eigenvalue weighted by Crippen LogP contribution is -2.35. The third kappa shape index (κ3) is 8.33. The second kappa shape index (κ2) is 14.3. The summed E-state index contributed by atoms with van der Waals surface area (Å²) >= 11 is 0. The monoisotopic (exact) mass is 580 g/mol. The normalized spacial score (nSPS) is 13.6. The highest BCUT2D eigenvalue weighted by molar-refractivity contribution is 6.04. The van der Waals surface area contributed by atoms with E-state index >= 15 is 0 Å². The molecule has 5 rings (SSSR count). The van der Waals surface area contributed by atoms with Gasteiger partial charge in [-0.15, -0.1) is 0 Å². The SMILES string of the molecule is COC(=O)c1cccc(OCC2CCN(Cc3ccc(NC(=O)c4ccc(Nc5ccc(OC)cc5)cc4)cn3)CC2)c1. The number of carbonyl (C=O) groups excluding carboxylic acids is 2. The number of esters is 1. The summed E-state index contributed by atoms with van der Waals surface area (Å²) in [4.78, 5) is 31.5. The zero-order valence-corrected chi connectivity index (χ0v) is 24.4. The largest absolute Gasteiger partial charge is 0.497 e. The quantitative estimate of drug-likeness (QED) is 0.203. The second-order valence-corrected chi connectivity index (χ2v) is 10.5. The van der Waals surface area contributed by atoms with Crippen LogP contribution in [0.5, 0.6) is 11.5 Å². The molecule has 0 unspecified atom stereocenters. The van der Waals surface area contributed by atoms with Crippen LogP contribution < -0.4 is 20.1 Å². The number of piperidine rings is 1. The third-order valence-corrected chi connectivity index (χ3v) is 7.44. The van der Waals surface area contributed by atoms with Crippen molar-refractivity contribution in [3.8, 4) is 11.5 Å². The van der Waals surface area contributed by atoms with Crippen LogP contribution in [-0.4, -0.2) is 55.7 Å². The van der Waals surface area contributed by atoms with Gasteiger partial charge < -0.3 is 24.8 Å². The number of benzene rings is 3. The van der Waals surface area contributed by atoms with Gasteiger partial charge in [-0.05, 0) is 111 Å². The maximum absolute atomic E-state index is 12.8. The van der Waals surface area contributed by atoms with Crippen LogP contribution in [0.2, 0.25) is 0 Å². The van der Waals surface area contributed by atoms with E-state index in [4.69, 9.17) is 14.2 Å². The van der Waals surface area contributed by atoms with Crippen LogP contribution in [0.3, 0.4) is 0 Å². The number of anilines is 3. The van der Waals surface area contributed by atoms with Crippen molar-refractivity contribution in [3.05, 3.63) is 108 Å². The molecule has 1 fully saturated rings. The van der Waals surface area contributed by atoms with Gasteiger partial charge in [-0.1, -0.05) is 6.07 Å². The van der Waals surface area contributed by atoms with Crippen LogP contribution in [0.15, 0.2) is 91.1 Å². The standard InChI is InChI=1S/C34H36N4O5/c1-41-31-14-12-28(13-15-31)36-27-8-6-25(7-9-27)33(39)37-29-10-11-30(35-21-29)22-38-18-16-24(17-19-38)23-43-32-5-3-4-26(20-32)34(40)42-2/h3-15,20-21,24,36H,16-19,22-23H2,1-2H3,(H,37,39). The fourth-order valence-electron chi connectivity index (χ4n) is 4.93. The Kier molecular flexibility index (Phi) is 9.86. The Labute approximate surface area is 251 Å². The van der Waals surface area contributed by atoms with Crippen LogP contribution in [0.4, 0.5) is 17.1 Å². The van der Waals surface area contributed by atoms with E-state index in [0.717, 1.165) is 55.3 Å². The second-order valence-electron chi connectivity index (χ2n) is 10.5. The maximum Gasteiger partial charge on any atom is 0.337 e. The lowest BCUT2D eigenvalue weighted by Gasteiger charge is -2.31. The molecule has 0 aliphatic carbocycles. The molecule has 0 spiro atoms. The van der Waals surface area contributed by atoms with E-state index in [2.05, 4.69) is 20.5 Å². The highest BCUT2D eigenvalue weighted by Gasteiger charge is 2.20. The molecule has 0 atom stereocenters. The third-order valence-electron chi connectivity index (χ3n) is 7.44. The zero-order chi connectivity index (χ0) is 30.0. The van der Waals surface area contributed by atoms with Gasteiger partial charge >= 0.3 is 5.97 Å². The number of pyridine rings is 1. The summed E-state index contributed by atoms with van der Waals surface area (Å²) in [6, 6.07) is 25.9. The van der Waals surface area contributed by atoms with Gasteiger partial charge in [0.25, 0.3) is 5.91 Å². The first-order valence-electron chi connectivity index (χ1n) is 14.3. The molecule has 0 saturated carbocycles. The number of carbonyl (C=O) groups is 2. The summed E-state index contributed by atoms with van der Waals surface area (Å²) in [7, 11) is 3.01. The molecule has 1 amide bonds. The van der Waals surface area contributed by atoms with Gasteiger partial charge in [-0.3, -0.25) is 14.7 Å². The van der Waals surface area contributed by atoms with Crippen LogP contribution in [0.25, 0.3) is 0 Å². The Balaban J connectivity index is 1.04. The highest BCUT2D eigenvalue weighted by Crippen LogP contribution is 2.23. The number of rotatable bonds is 11. The molecule has 9 heteroatoms. The van der Waals surface area contributed by atoms with Gasteiger partial charge in [-0.2, -0.15) is 0 Å². The number of ether oxygens (including phenoxy) is 3. The first-order chi connectivity index (χ1) is 21.0. The Morgan fingerprint density at radius 2 is 1.53 bits per heavy atom. The molecule has 3 aromatic carbocycles. The highest BCUT2D eigenvalue weighted by atomic mass is 16.5. The molecule has 2 N–H and O–H groups in total. The fourth-order valence-corrected chi connectivity index (χ4v) is 4.93. The number of aromatic nitrogens is 1. The lowest BCUT2D eigenvalue weighted by atomic mass is 9.97. The first-order valence-corrected chi connectivity index (χ1v) is 14.3. The van der Waals surface area contributed by atoms with E-state index < -0.39 is 0 Å². The molecule has 222 valence electrons. The predicted molar refractivity (Wildman–Crippen MR) is 166 cm³/mol. The summed E-state index contributed by atoms with van der Waals surface area (Å²) < 4.78 is 15.9. The van der Waals surface area contributed by atoms with E-state index in [9.17, 15) is 9.59 Å². The predicted octanol–water partition coefficient (Wildman–Crippen LogP) is 6.16. The molecule has 0 bridgehead atoms. The van der Waals surface area contributed by atoms with Crippen LogP contribution in [0.1, 0.15) is 39.3 Å². The van der Waals surface area contributed by atoms with Gasteiger partial charge in [-0.25, -0.2) is 4.79 Å². The zero-order valence-electron chi connectivity index (χ0n) is 24.4. The summed E-state index contributed by atoms with van der Waals surface area (Å²) in [6.07, 6.45) is 3.76. The number of nitrogens with zero attached hydrogens (tertiary/aromatic N) is 2. The van der Waals surface area contributed by atoms with E-state index in [-0.39, 0.29) is 11.9 Å². The fraction of sp³-hybridized carbons (Fsp3) is 0.265. The molecule has 1 saturated heterocycles. The number of nitrogens with one attached hydrogen (secondary N) is 2. The minimum atomic E-state index is -0.368. The van der Waals surface area contributed by atoms with Crippen molar-refractivity contribution < 1.29 is 23.8 Å². The molecule has 43 heavy (non-hydrogen) atoms. The van der Waals surface area contributed by atoms with E-state index in [1.807, 2.05) is 54.6 Å². The molecule has 9 nitrogen and oxygen atoms in total. The van der Waals surface area contributed by atoms with E-state index in [0.29, 0.717) is 35.1 Å². The van der Waals surface area contributed by atoms with Gasteiger partial charge in [0.1, 0.15) is 11.5 Å². The summed E-state index contributed by atoms with van der Waals surface area (Å²) in [6.45, 7) is 3.29. The summed E-state index contributed by atoms with van der Waals surface area (Å²) in [5, 5.41) is 6.24. The molecule has 1 aromatic heterocycles. The average Bonchev–Trinajstić information content (AvgIpc) is 3.06. The topological polar surface area (TPSA) is 102 Å². The lowest BCUT2D eigenvalue weighted by molar-refractivity contribution is 0.0600. The molecule has 2 heterocycles. The van der Waals surface area contributed by atoms with Crippen molar-refractivity contribution in [2.24, 2.45) is 5.92 Å². The van der Waals surface area contributed by atoms with Crippen LogP contribution in [-0.2, 0) is 11.3 Å². The molecule has 4 aromatic rings. The number of methoxy groups -OCH3 is 2. The number of likely N-dealkylation sites (tertiary alicyclic amines) is 1. The molecule has 1 aliphatic rings. The molecular formula is C34H36N4O5. The smallest absolute Gasteiger partial charge is 0.337 e. The van der Waals surface area contributed by atoms with Gasteiger partial charge in [0, 0.05) is 23.5 Å². The number of amides is 1. The molecule has 1 aliphatic heterocycles. The first kappa shape index (κ1) is 29.6. The van der Waals surface area contributed by atoms with Crippen molar-refractivity contribution in [2.75, 3.05) is 44.5 Å². The summed E-state index contributed by atoms with van der Waals surface area (Å²) in [5.74, 6) is 1.38. The van der Waals surface area contributed by atoms with Gasteiger partial charge in [0.15, 0.2) is 0 Å². The van der Waals surface area contributed by atoms with E-state index in [1.165, 1.54) is 7.11 Å². The van der Waals surface area contributed by atoms with Crippen molar-refractivity contribution in [1.82, 2.24) is 9.88 Å². The van der Waals surface area contributed by atoms with Gasteiger partial charge in [0.2, 0.25) is 0 Å². The number of hydrogen-bond donors (Lipinski definition) is 2. The number of hydrogen-bond acceptors (Lipinski definition) is 8. The van der Waals surface area contributed by atoms with Crippen LogP contribution in [0, 0.1) is 5.92 Å². The Morgan fingerprint density at radius 1 is 0.837 bits per heavy atom. The maximum atomic E-state index is 12.8. The Hall–Kier alpha value is -4.89. The van der Waals surface area contributed by atoms with Crippen molar-refractivity contribution in [2.45, 2.75) is 19.4 Å². The summed E-state index contributed by atoms with van der Waals surface area (Å²) in [5.41, 5.74) is 4.48. The minimum Gasteiger partial charge on any atom is -0.497 e. The molecule has 0 radical (unpaired) electrons. The minimum absolute atomic E-state index is 0.188. The Bertz CT molecular complexity index is 1500. The van der Waals surface area contributed by atoms with Crippen molar-refractivity contribution >= 4 is 28.9 Å². The van der Waals surface area contributed by atoms with Crippen LogP contribution >= 0.6 is 0 Å². The van der Waals surface area contributed by atoms with Gasteiger partial charge in [0.05, 0.1) is 44.0 Å². The van der Waals surface area contributed by atoms with Crippen molar-refractivity contribution in [1.29, 1.82) is 0 Å². The molecular weight excluding hydrogens is 544 g/mol. The average molecular weight is 581 g/mol.